The van der Waals surface area contributed by atoms with E-state index in [1.807, 2.05) is 6.92 Å². The average Bonchev–Trinajstić information content (AvgIpc) is 2.32. The van der Waals surface area contributed by atoms with Gasteiger partial charge in [-0.15, -0.1) is 0 Å². The number of halogens is 1. The van der Waals surface area contributed by atoms with Gasteiger partial charge in [-0.05, 0) is 43.0 Å². The highest BCUT2D eigenvalue weighted by molar-refractivity contribution is 7.99. The molecule has 0 fully saturated rings. The third-order valence-corrected chi connectivity index (χ3v) is 5.04. The van der Waals surface area contributed by atoms with Crippen LogP contribution in [-0.2, 0) is 10.0 Å². The van der Waals surface area contributed by atoms with Crippen molar-refractivity contribution in [2.75, 3.05) is 17.2 Å². The van der Waals surface area contributed by atoms with Crippen molar-refractivity contribution in [1.82, 2.24) is 4.72 Å². The Kier molecular flexibility index (Phi) is 6.09. The topological polar surface area (TPSA) is 72.2 Å². The molecule has 0 spiro atoms. The number of nitrogen functional groups attached to an aromatic ring is 1. The summed E-state index contributed by atoms with van der Waals surface area (Å²) in [6, 6.07) is 3.27. The molecule has 19 heavy (non-hydrogen) atoms. The van der Waals surface area contributed by atoms with E-state index in [2.05, 4.69) is 4.72 Å². The second-order valence-corrected chi connectivity index (χ2v) is 7.27. The average molecular weight is 306 g/mol. The van der Waals surface area contributed by atoms with E-state index in [1.165, 1.54) is 6.07 Å². The number of hydrogen-bond acceptors (Lipinski definition) is 4. The monoisotopic (exact) mass is 306 g/mol. The van der Waals surface area contributed by atoms with Gasteiger partial charge in [-0.25, -0.2) is 17.5 Å². The molecule has 0 radical (unpaired) electrons. The molecule has 0 saturated carbocycles. The van der Waals surface area contributed by atoms with Crippen molar-refractivity contribution >= 4 is 27.5 Å². The van der Waals surface area contributed by atoms with Gasteiger partial charge in [0.15, 0.2) is 0 Å². The molecule has 1 unspecified atom stereocenters. The first-order chi connectivity index (χ1) is 8.86. The maximum atomic E-state index is 13.5. The predicted octanol–water partition coefficient (Wildman–Crippen LogP) is 2.22. The summed E-state index contributed by atoms with van der Waals surface area (Å²) in [7, 11) is -3.86. The van der Waals surface area contributed by atoms with E-state index in [4.69, 9.17) is 5.73 Å². The zero-order valence-electron chi connectivity index (χ0n) is 11.0. The molecule has 3 N–H and O–H groups in total. The molecule has 1 aromatic rings. The van der Waals surface area contributed by atoms with Gasteiger partial charge in [0, 0.05) is 11.7 Å². The van der Waals surface area contributed by atoms with Gasteiger partial charge in [-0.1, -0.05) is 6.92 Å². The van der Waals surface area contributed by atoms with Crippen LogP contribution in [-0.4, -0.2) is 26.0 Å². The quantitative estimate of drug-likeness (QED) is 0.598. The Labute approximate surface area is 118 Å². The molecule has 1 rings (SSSR count). The Bertz CT molecular complexity index is 520. The maximum Gasteiger partial charge on any atom is 0.243 e. The third kappa shape index (κ3) is 5.00. The predicted molar refractivity (Wildman–Crippen MR) is 78.2 cm³/mol. The lowest BCUT2D eigenvalue weighted by atomic mass is 10.3. The Hall–Kier alpha value is -0.790. The lowest BCUT2D eigenvalue weighted by Crippen LogP contribution is -2.33. The van der Waals surface area contributed by atoms with E-state index in [1.54, 1.807) is 18.7 Å². The van der Waals surface area contributed by atoms with Crippen LogP contribution in [0.15, 0.2) is 23.1 Å². The largest absolute Gasteiger partial charge is 0.399 e. The Morgan fingerprint density at radius 2 is 2.16 bits per heavy atom. The molecule has 108 valence electrons. The number of rotatable bonds is 7. The van der Waals surface area contributed by atoms with Crippen LogP contribution < -0.4 is 10.5 Å². The van der Waals surface area contributed by atoms with E-state index in [0.717, 1.165) is 23.6 Å². The molecule has 0 saturated heterocycles. The zero-order chi connectivity index (χ0) is 14.5. The van der Waals surface area contributed by atoms with Crippen molar-refractivity contribution in [2.45, 2.75) is 31.2 Å². The number of benzene rings is 1. The van der Waals surface area contributed by atoms with E-state index in [9.17, 15) is 12.8 Å². The molecule has 1 aromatic carbocycles. The van der Waals surface area contributed by atoms with Crippen LogP contribution in [0.5, 0.6) is 0 Å². The summed E-state index contributed by atoms with van der Waals surface area (Å²) in [5.74, 6) is 1.06. The smallest absolute Gasteiger partial charge is 0.243 e. The van der Waals surface area contributed by atoms with E-state index in [0.29, 0.717) is 6.42 Å². The van der Waals surface area contributed by atoms with Crippen LogP contribution in [0.3, 0.4) is 0 Å². The normalized spacial score (nSPS) is 13.4. The first kappa shape index (κ1) is 16.3. The summed E-state index contributed by atoms with van der Waals surface area (Å²) in [5, 5.41) is 0. The minimum absolute atomic E-state index is 0.218. The summed E-state index contributed by atoms with van der Waals surface area (Å²) in [6.45, 7) is 3.81. The number of sulfonamides is 1. The van der Waals surface area contributed by atoms with Crippen LogP contribution in [0.2, 0.25) is 0 Å². The summed E-state index contributed by atoms with van der Waals surface area (Å²) >= 11 is 1.73. The second-order valence-electron chi connectivity index (χ2n) is 4.20. The molecule has 0 aliphatic heterocycles. The van der Waals surface area contributed by atoms with Gasteiger partial charge < -0.3 is 5.73 Å². The molecule has 1 atom stereocenters. The molecule has 0 amide bonds. The molecule has 0 aromatic heterocycles. The summed E-state index contributed by atoms with van der Waals surface area (Å²) < 4.78 is 40.1. The molecule has 0 aliphatic rings. The SMILES string of the molecule is CCSCCC(C)NS(=O)(=O)c1cc(N)ccc1F. The number of anilines is 1. The van der Waals surface area contributed by atoms with Crippen molar-refractivity contribution in [3.63, 3.8) is 0 Å². The number of thioether (sulfide) groups is 1. The molecule has 0 bridgehead atoms. The van der Waals surface area contributed by atoms with Crippen molar-refractivity contribution in [1.29, 1.82) is 0 Å². The van der Waals surface area contributed by atoms with Gasteiger partial charge in [0.1, 0.15) is 10.7 Å². The Morgan fingerprint density at radius 1 is 1.47 bits per heavy atom. The molecular formula is C12H19FN2O2S2. The molecule has 0 aliphatic carbocycles. The van der Waals surface area contributed by atoms with Crippen LogP contribution in [0.4, 0.5) is 10.1 Å². The fourth-order valence-electron chi connectivity index (χ4n) is 1.52. The Balaban J connectivity index is 2.78. The van der Waals surface area contributed by atoms with Crippen LogP contribution >= 0.6 is 11.8 Å². The van der Waals surface area contributed by atoms with Crippen molar-refractivity contribution in [3.8, 4) is 0 Å². The molecule has 4 nitrogen and oxygen atoms in total. The van der Waals surface area contributed by atoms with Gasteiger partial charge in [0.05, 0.1) is 0 Å². The summed E-state index contributed by atoms with van der Waals surface area (Å²) in [6.07, 6.45) is 0.696. The minimum Gasteiger partial charge on any atom is -0.399 e. The number of hydrogen-bond donors (Lipinski definition) is 2. The van der Waals surface area contributed by atoms with Crippen LogP contribution in [0, 0.1) is 5.82 Å². The fraction of sp³-hybridized carbons (Fsp3) is 0.500. The van der Waals surface area contributed by atoms with E-state index < -0.39 is 20.7 Å². The second kappa shape index (κ2) is 7.12. The Morgan fingerprint density at radius 3 is 2.79 bits per heavy atom. The van der Waals surface area contributed by atoms with Gasteiger partial charge in [0.2, 0.25) is 10.0 Å². The summed E-state index contributed by atoms with van der Waals surface area (Å²) in [4.78, 5) is -0.400. The lowest BCUT2D eigenvalue weighted by Gasteiger charge is -2.14. The first-order valence-corrected chi connectivity index (χ1v) is 8.65. The van der Waals surface area contributed by atoms with Crippen molar-refractivity contribution in [2.24, 2.45) is 0 Å². The number of nitrogens with two attached hydrogens (primary N) is 1. The van der Waals surface area contributed by atoms with Crippen LogP contribution in [0.1, 0.15) is 20.3 Å². The molecular weight excluding hydrogens is 287 g/mol. The summed E-state index contributed by atoms with van der Waals surface area (Å²) in [5.41, 5.74) is 5.71. The zero-order valence-corrected chi connectivity index (χ0v) is 12.7. The van der Waals surface area contributed by atoms with Gasteiger partial charge in [-0.3, -0.25) is 0 Å². The van der Waals surface area contributed by atoms with Gasteiger partial charge >= 0.3 is 0 Å². The standard InChI is InChI=1S/C12H19FN2O2S2/c1-3-18-7-6-9(2)15-19(16,17)12-8-10(14)4-5-11(12)13/h4-5,8-9,15H,3,6-7,14H2,1-2H3. The highest BCUT2D eigenvalue weighted by Gasteiger charge is 2.21. The van der Waals surface area contributed by atoms with Gasteiger partial charge in [-0.2, -0.15) is 11.8 Å². The number of nitrogens with one attached hydrogen (secondary N) is 1. The lowest BCUT2D eigenvalue weighted by molar-refractivity contribution is 0.540. The molecule has 0 heterocycles. The van der Waals surface area contributed by atoms with E-state index >= 15 is 0 Å². The van der Waals surface area contributed by atoms with Crippen LogP contribution in [0.25, 0.3) is 0 Å². The van der Waals surface area contributed by atoms with E-state index in [-0.39, 0.29) is 11.7 Å². The van der Waals surface area contributed by atoms with Crippen molar-refractivity contribution < 1.29 is 12.8 Å². The minimum atomic E-state index is -3.86. The van der Waals surface area contributed by atoms with Crippen molar-refractivity contribution in [3.05, 3.63) is 24.0 Å². The first-order valence-electron chi connectivity index (χ1n) is 6.02. The highest BCUT2D eigenvalue weighted by atomic mass is 32.2. The third-order valence-electron chi connectivity index (χ3n) is 2.50. The highest BCUT2D eigenvalue weighted by Crippen LogP contribution is 2.18. The maximum absolute atomic E-state index is 13.5. The van der Waals surface area contributed by atoms with Gasteiger partial charge in [0.25, 0.3) is 0 Å². The fourth-order valence-corrected chi connectivity index (χ4v) is 3.72. The molecule has 7 heteroatoms.